The van der Waals surface area contributed by atoms with Crippen molar-refractivity contribution in [2.75, 3.05) is 13.1 Å². The molecule has 3 nitrogen and oxygen atoms in total. The summed E-state index contributed by atoms with van der Waals surface area (Å²) in [6.45, 7) is 1.14. The van der Waals surface area contributed by atoms with Crippen molar-refractivity contribution in [1.29, 1.82) is 0 Å². The van der Waals surface area contributed by atoms with Crippen LogP contribution in [0.2, 0.25) is 0 Å². The van der Waals surface area contributed by atoms with Crippen molar-refractivity contribution >= 4 is 6.09 Å². The van der Waals surface area contributed by atoms with E-state index in [4.69, 9.17) is 5.11 Å². The molecular formula is C14H15F2NO2. The third-order valence-corrected chi connectivity index (χ3v) is 4.32. The van der Waals surface area contributed by atoms with Crippen molar-refractivity contribution in [3.63, 3.8) is 0 Å². The second-order valence-electron chi connectivity index (χ2n) is 5.82. The van der Waals surface area contributed by atoms with Crippen LogP contribution >= 0.6 is 0 Å². The number of rotatable bonds is 2. The van der Waals surface area contributed by atoms with Crippen molar-refractivity contribution in [3.8, 4) is 0 Å². The molecule has 102 valence electrons. The third-order valence-electron chi connectivity index (χ3n) is 4.32. The van der Waals surface area contributed by atoms with Gasteiger partial charge >= 0.3 is 6.09 Å². The minimum absolute atomic E-state index is 0.0881. The van der Waals surface area contributed by atoms with Gasteiger partial charge in [-0.05, 0) is 37.3 Å². The van der Waals surface area contributed by atoms with E-state index in [9.17, 15) is 13.6 Å². The quantitative estimate of drug-likeness (QED) is 0.895. The van der Waals surface area contributed by atoms with Crippen molar-refractivity contribution in [2.24, 2.45) is 11.3 Å². The van der Waals surface area contributed by atoms with Crippen LogP contribution in [0.3, 0.4) is 0 Å². The van der Waals surface area contributed by atoms with Crippen molar-refractivity contribution in [1.82, 2.24) is 4.90 Å². The Balaban J connectivity index is 1.57. The first-order valence-corrected chi connectivity index (χ1v) is 6.40. The molecule has 1 saturated heterocycles. The fraction of sp³-hybridized carbons (Fsp3) is 0.500. The molecule has 1 heterocycles. The summed E-state index contributed by atoms with van der Waals surface area (Å²) >= 11 is 0. The van der Waals surface area contributed by atoms with E-state index in [2.05, 4.69) is 0 Å². The molecule has 2 aliphatic rings. The van der Waals surface area contributed by atoms with E-state index in [-0.39, 0.29) is 16.9 Å². The molecule has 1 aliphatic heterocycles. The van der Waals surface area contributed by atoms with E-state index in [1.54, 1.807) is 0 Å². The molecule has 1 aromatic rings. The van der Waals surface area contributed by atoms with Crippen molar-refractivity contribution in [3.05, 3.63) is 35.4 Å². The first-order valence-electron chi connectivity index (χ1n) is 6.40. The first-order chi connectivity index (χ1) is 8.99. The Morgan fingerprint density at radius 1 is 1.32 bits per heavy atom. The Morgan fingerprint density at radius 3 is 2.42 bits per heavy atom. The molecular weight excluding hydrogens is 252 g/mol. The van der Waals surface area contributed by atoms with Crippen LogP contribution < -0.4 is 0 Å². The van der Waals surface area contributed by atoms with E-state index < -0.39 is 17.7 Å². The lowest BCUT2D eigenvalue weighted by Gasteiger charge is -2.58. The second-order valence-corrected chi connectivity index (χ2v) is 5.82. The highest BCUT2D eigenvalue weighted by Gasteiger charge is 2.53. The number of nitrogens with zero attached hydrogens (tertiary/aromatic N) is 1. The number of hydrogen-bond acceptors (Lipinski definition) is 1. The van der Waals surface area contributed by atoms with Gasteiger partial charge in [-0.15, -0.1) is 0 Å². The van der Waals surface area contributed by atoms with Crippen LogP contribution in [-0.4, -0.2) is 29.2 Å². The average molecular weight is 267 g/mol. The van der Waals surface area contributed by atoms with Gasteiger partial charge in [-0.1, -0.05) is 6.07 Å². The highest BCUT2D eigenvalue weighted by atomic mass is 19.1. The minimum Gasteiger partial charge on any atom is -0.465 e. The molecule has 3 rings (SSSR count). The largest absolute Gasteiger partial charge is 0.465 e. The second kappa shape index (κ2) is 4.18. The molecule has 1 aliphatic carbocycles. The lowest BCUT2D eigenvalue weighted by atomic mass is 9.56. The van der Waals surface area contributed by atoms with Gasteiger partial charge in [0.15, 0.2) is 0 Å². The number of benzene rings is 1. The Labute approximate surface area is 109 Å². The van der Waals surface area contributed by atoms with E-state index >= 15 is 0 Å². The maximum Gasteiger partial charge on any atom is 0.407 e. The van der Waals surface area contributed by atoms with Crippen LogP contribution in [0.1, 0.15) is 18.4 Å². The first kappa shape index (κ1) is 12.4. The molecule has 0 aromatic heterocycles. The number of halogens is 2. The Kier molecular flexibility index (Phi) is 2.73. The number of hydrogen-bond donors (Lipinski definition) is 1. The van der Waals surface area contributed by atoms with Crippen LogP contribution in [0.15, 0.2) is 18.2 Å². The fourth-order valence-corrected chi connectivity index (χ4v) is 3.48. The van der Waals surface area contributed by atoms with Crippen LogP contribution in [0, 0.1) is 23.0 Å². The smallest absolute Gasteiger partial charge is 0.407 e. The van der Waals surface area contributed by atoms with E-state index in [1.165, 1.54) is 23.1 Å². The summed E-state index contributed by atoms with van der Waals surface area (Å²) in [6.07, 6.45) is 1.26. The molecule has 1 saturated carbocycles. The number of likely N-dealkylation sites (tertiary alicyclic amines) is 1. The fourth-order valence-electron chi connectivity index (χ4n) is 3.48. The molecule has 0 atom stereocenters. The van der Waals surface area contributed by atoms with E-state index in [0.29, 0.717) is 19.5 Å². The molecule has 1 N–H and O–H groups in total. The number of carbonyl (C=O) groups is 1. The highest BCUT2D eigenvalue weighted by Crippen LogP contribution is 2.52. The van der Waals surface area contributed by atoms with Gasteiger partial charge in [0.05, 0.1) is 0 Å². The zero-order chi connectivity index (χ0) is 13.6. The molecule has 1 amide bonds. The lowest BCUT2D eigenvalue weighted by Crippen LogP contribution is -2.63. The van der Waals surface area contributed by atoms with Crippen LogP contribution in [0.4, 0.5) is 13.6 Å². The highest BCUT2D eigenvalue weighted by molar-refractivity contribution is 5.66. The Hall–Kier alpha value is -1.65. The van der Waals surface area contributed by atoms with Gasteiger partial charge in [-0.25, -0.2) is 13.6 Å². The molecule has 0 radical (unpaired) electrons. The summed E-state index contributed by atoms with van der Waals surface area (Å²) in [5.74, 6) is -0.703. The zero-order valence-corrected chi connectivity index (χ0v) is 10.4. The van der Waals surface area contributed by atoms with Gasteiger partial charge in [0, 0.05) is 24.1 Å². The molecule has 0 unspecified atom stereocenters. The normalized spacial score (nSPS) is 21.1. The summed E-state index contributed by atoms with van der Waals surface area (Å²) in [7, 11) is 0. The van der Waals surface area contributed by atoms with Crippen LogP contribution in [0.5, 0.6) is 0 Å². The van der Waals surface area contributed by atoms with E-state index in [1.807, 2.05) is 0 Å². The summed E-state index contributed by atoms with van der Waals surface area (Å²) in [6, 6.07) is 3.93. The minimum atomic E-state index is -0.880. The van der Waals surface area contributed by atoms with Crippen molar-refractivity contribution in [2.45, 2.75) is 19.3 Å². The van der Waals surface area contributed by atoms with Crippen LogP contribution in [-0.2, 0) is 6.42 Å². The molecule has 2 fully saturated rings. The van der Waals surface area contributed by atoms with Gasteiger partial charge in [-0.2, -0.15) is 0 Å². The topological polar surface area (TPSA) is 40.5 Å². The van der Waals surface area contributed by atoms with Gasteiger partial charge in [0.1, 0.15) is 11.6 Å². The number of amides is 1. The predicted octanol–water partition coefficient (Wildman–Crippen LogP) is 2.90. The van der Waals surface area contributed by atoms with Crippen LogP contribution in [0.25, 0.3) is 0 Å². The molecule has 0 bridgehead atoms. The third kappa shape index (κ3) is 2.07. The summed E-state index contributed by atoms with van der Waals surface area (Å²) < 4.78 is 27.0. The van der Waals surface area contributed by atoms with Gasteiger partial charge in [0.2, 0.25) is 0 Å². The lowest BCUT2D eigenvalue weighted by molar-refractivity contribution is -0.0797. The molecule has 1 spiro atoms. The van der Waals surface area contributed by atoms with E-state index in [0.717, 1.165) is 12.8 Å². The van der Waals surface area contributed by atoms with Gasteiger partial charge in [0.25, 0.3) is 0 Å². The number of carboxylic acid groups (broad SMARTS) is 1. The zero-order valence-electron chi connectivity index (χ0n) is 10.4. The maximum atomic E-state index is 13.5. The standard InChI is InChI=1S/C14H15F2NO2/c15-11-2-1-3-12(16)10(11)4-9-5-14(6-9)7-17(8-14)13(18)19/h1-3,9H,4-8H2,(H,18,19). The Bertz CT molecular complexity index is 498. The average Bonchev–Trinajstić information content (AvgIpc) is 2.22. The molecule has 5 heteroatoms. The summed E-state index contributed by atoms with van der Waals surface area (Å²) in [5.41, 5.74) is 0.252. The Morgan fingerprint density at radius 2 is 1.89 bits per heavy atom. The molecule has 19 heavy (non-hydrogen) atoms. The van der Waals surface area contributed by atoms with Gasteiger partial charge in [-0.3, -0.25) is 0 Å². The van der Waals surface area contributed by atoms with Gasteiger partial charge < -0.3 is 10.0 Å². The summed E-state index contributed by atoms with van der Waals surface area (Å²) in [5, 5.41) is 8.79. The predicted molar refractivity (Wildman–Crippen MR) is 64.8 cm³/mol. The SMILES string of the molecule is O=C(O)N1CC2(CC(Cc3c(F)cccc3F)C2)C1. The molecule has 1 aromatic carbocycles. The monoisotopic (exact) mass is 267 g/mol. The van der Waals surface area contributed by atoms with Crippen molar-refractivity contribution < 1.29 is 18.7 Å². The maximum absolute atomic E-state index is 13.5. The summed E-state index contributed by atoms with van der Waals surface area (Å²) in [4.78, 5) is 12.1.